The average Bonchev–Trinajstić information content (AvgIpc) is 2.85. The minimum absolute atomic E-state index is 0.188. The second-order valence-electron chi connectivity index (χ2n) is 4.73. The number of ketones is 1. The summed E-state index contributed by atoms with van der Waals surface area (Å²) < 4.78 is 0. The molecule has 0 atom stereocenters. The zero-order valence-corrected chi connectivity index (χ0v) is 13.2. The first-order chi connectivity index (χ1) is 10.8. The molecule has 0 saturated carbocycles. The molecule has 0 radical (unpaired) electrons. The Morgan fingerprint density at radius 2 is 1.74 bits per heavy atom. The monoisotopic (exact) mass is 353 g/mol. The van der Waals surface area contributed by atoms with Crippen LogP contribution in [0.2, 0.25) is 5.02 Å². The number of aliphatic carboxylic acids is 2. The molecule has 8 heteroatoms. The van der Waals surface area contributed by atoms with Crippen molar-refractivity contribution in [3.63, 3.8) is 0 Å². The Labute approximate surface area is 140 Å². The Morgan fingerprint density at radius 1 is 1.13 bits per heavy atom. The van der Waals surface area contributed by atoms with Gasteiger partial charge in [0.1, 0.15) is 0 Å². The van der Waals surface area contributed by atoms with Crippen molar-refractivity contribution >= 4 is 45.7 Å². The summed E-state index contributed by atoms with van der Waals surface area (Å²) in [5, 5.41) is 18.3. The number of nitrogen functional groups attached to an aromatic ring is 1. The molecular weight excluding hydrogens is 342 g/mol. The molecule has 6 nitrogen and oxygen atoms in total. The Balaban J connectivity index is 2.31. The lowest BCUT2D eigenvalue weighted by Gasteiger charge is -2.04. The first-order valence-corrected chi connectivity index (χ1v) is 7.63. The molecule has 0 fully saturated rings. The molecule has 0 aliphatic carbocycles. The fourth-order valence-electron chi connectivity index (χ4n) is 2.01. The van der Waals surface area contributed by atoms with E-state index in [1.54, 1.807) is 24.3 Å². The molecule has 0 aliphatic rings. The van der Waals surface area contributed by atoms with Crippen molar-refractivity contribution in [2.75, 3.05) is 5.73 Å². The molecule has 1 aromatic carbocycles. The smallest absolute Gasteiger partial charge is 0.318 e. The van der Waals surface area contributed by atoms with Crippen LogP contribution in [-0.4, -0.2) is 27.9 Å². The number of benzene rings is 1. The molecule has 1 heterocycles. The Morgan fingerprint density at radius 3 is 2.30 bits per heavy atom. The SMILES string of the molecule is Nc1sc(CC(C(=O)O)C(=O)O)cc1C(=O)c1ccccc1Cl. The fourth-order valence-corrected chi connectivity index (χ4v) is 3.20. The molecule has 120 valence electrons. The molecule has 1 aromatic heterocycles. The molecule has 0 bridgehead atoms. The predicted octanol–water partition coefficient (Wildman–Crippen LogP) is 2.54. The van der Waals surface area contributed by atoms with E-state index in [-0.39, 0.29) is 27.6 Å². The molecule has 0 aliphatic heterocycles. The summed E-state index contributed by atoms with van der Waals surface area (Å²) >= 11 is 6.98. The highest BCUT2D eigenvalue weighted by Gasteiger charge is 2.28. The van der Waals surface area contributed by atoms with Crippen molar-refractivity contribution in [3.8, 4) is 0 Å². The molecular formula is C15H12ClNO5S. The van der Waals surface area contributed by atoms with E-state index in [0.29, 0.717) is 4.88 Å². The maximum atomic E-state index is 12.5. The molecule has 0 amide bonds. The quantitative estimate of drug-likeness (QED) is 0.542. The van der Waals surface area contributed by atoms with Gasteiger partial charge in [-0.2, -0.15) is 0 Å². The van der Waals surface area contributed by atoms with Crippen molar-refractivity contribution in [3.05, 3.63) is 51.4 Å². The van der Waals surface area contributed by atoms with E-state index in [2.05, 4.69) is 0 Å². The number of carboxylic acid groups (broad SMARTS) is 2. The third-order valence-corrected chi connectivity index (χ3v) is 4.49. The highest BCUT2D eigenvalue weighted by atomic mass is 35.5. The lowest BCUT2D eigenvalue weighted by Crippen LogP contribution is -2.25. The van der Waals surface area contributed by atoms with Gasteiger partial charge in [0.05, 0.1) is 15.6 Å². The summed E-state index contributed by atoms with van der Waals surface area (Å²) in [7, 11) is 0. The van der Waals surface area contributed by atoms with Crippen LogP contribution in [0.1, 0.15) is 20.8 Å². The zero-order chi connectivity index (χ0) is 17.1. The highest BCUT2D eigenvalue weighted by molar-refractivity contribution is 7.16. The Bertz CT molecular complexity index is 772. The zero-order valence-electron chi connectivity index (χ0n) is 11.7. The third kappa shape index (κ3) is 3.69. The van der Waals surface area contributed by atoms with Crippen molar-refractivity contribution in [2.45, 2.75) is 6.42 Å². The number of thiophene rings is 1. The highest BCUT2D eigenvalue weighted by Crippen LogP contribution is 2.30. The maximum absolute atomic E-state index is 12.5. The van der Waals surface area contributed by atoms with Crippen molar-refractivity contribution in [1.29, 1.82) is 0 Å². The topological polar surface area (TPSA) is 118 Å². The summed E-state index contributed by atoms with van der Waals surface area (Å²) in [6, 6.07) is 7.89. The van der Waals surface area contributed by atoms with Gasteiger partial charge >= 0.3 is 11.9 Å². The van der Waals surface area contributed by atoms with Gasteiger partial charge in [0.25, 0.3) is 0 Å². The van der Waals surface area contributed by atoms with E-state index < -0.39 is 23.6 Å². The van der Waals surface area contributed by atoms with E-state index in [9.17, 15) is 14.4 Å². The van der Waals surface area contributed by atoms with Crippen LogP contribution < -0.4 is 5.73 Å². The molecule has 0 spiro atoms. The number of halogens is 1. The second-order valence-corrected chi connectivity index (χ2v) is 6.31. The van der Waals surface area contributed by atoms with Gasteiger partial charge in [-0.25, -0.2) is 0 Å². The van der Waals surface area contributed by atoms with Crippen molar-refractivity contribution < 1.29 is 24.6 Å². The van der Waals surface area contributed by atoms with Gasteiger partial charge in [0, 0.05) is 16.9 Å². The number of hydrogen-bond donors (Lipinski definition) is 3. The maximum Gasteiger partial charge on any atom is 0.318 e. The van der Waals surface area contributed by atoms with Gasteiger partial charge in [-0.15, -0.1) is 11.3 Å². The largest absolute Gasteiger partial charge is 0.481 e. The number of nitrogens with two attached hydrogens (primary N) is 1. The van der Waals surface area contributed by atoms with Crippen LogP contribution in [0.15, 0.2) is 30.3 Å². The van der Waals surface area contributed by atoms with Crippen molar-refractivity contribution in [1.82, 2.24) is 0 Å². The van der Waals surface area contributed by atoms with Crippen LogP contribution in [0.3, 0.4) is 0 Å². The van der Waals surface area contributed by atoms with Gasteiger partial charge < -0.3 is 15.9 Å². The molecule has 0 saturated heterocycles. The average molecular weight is 354 g/mol. The third-order valence-electron chi connectivity index (χ3n) is 3.18. The van der Waals surface area contributed by atoms with Gasteiger partial charge in [0.15, 0.2) is 11.7 Å². The van der Waals surface area contributed by atoms with Gasteiger partial charge in [-0.1, -0.05) is 23.7 Å². The van der Waals surface area contributed by atoms with E-state index in [0.717, 1.165) is 11.3 Å². The van der Waals surface area contributed by atoms with E-state index in [1.165, 1.54) is 6.07 Å². The van der Waals surface area contributed by atoms with Crippen LogP contribution in [0.25, 0.3) is 0 Å². The number of anilines is 1. The minimum Gasteiger partial charge on any atom is -0.481 e. The van der Waals surface area contributed by atoms with E-state index in [4.69, 9.17) is 27.5 Å². The van der Waals surface area contributed by atoms with Crippen LogP contribution >= 0.6 is 22.9 Å². The van der Waals surface area contributed by atoms with Gasteiger partial charge in [-0.3, -0.25) is 14.4 Å². The standard InChI is InChI=1S/C15H12ClNO5S/c16-11-4-2-1-3-8(11)12(18)9-5-7(23-13(9)17)6-10(14(19)20)15(21)22/h1-5,10H,6,17H2,(H,19,20)(H,21,22). The van der Waals surface area contributed by atoms with Gasteiger partial charge in [0.2, 0.25) is 0 Å². The van der Waals surface area contributed by atoms with Crippen LogP contribution in [-0.2, 0) is 16.0 Å². The summed E-state index contributed by atoms with van der Waals surface area (Å²) in [6.07, 6.45) is -0.241. The Hall–Kier alpha value is -2.38. The fraction of sp³-hybridized carbons (Fsp3) is 0.133. The first-order valence-electron chi connectivity index (χ1n) is 6.44. The molecule has 2 aromatic rings. The molecule has 2 rings (SSSR count). The minimum atomic E-state index is -1.59. The lowest BCUT2D eigenvalue weighted by atomic mass is 10.0. The first kappa shape index (κ1) is 17.0. The number of carbonyl (C=O) groups is 3. The summed E-state index contributed by atoms with van der Waals surface area (Å²) in [4.78, 5) is 34.8. The molecule has 0 unspecified atom stereocenters. The van der Waals surface area contributed by atoms with Crippen LogP contribution in [0.5, 0.6) is 0 Å². The number of carboxylic acids is 2. The van der Waals surface area contributed by atoms with Crippen molar-refractivity contribution in [2.24, 2.45) is 5.92 Å². The van der Waals surface area contributed by atoms with E-state index in [1.807, 2.05) is 0 Å². The summed E-state index contributed by atoms with van der Waals surface area (Å²) in [6.45, 7) is 0. The van der Waals surface area contributed by atoms with Crippen LogP contribution in [0.4, 0.5) is 5.00 Å². The molecule has 23 heavy (non-hydrogen) atoms. The number of rotatable bonds is 6. The van der Waals surface area contributed by atoms with Gasteiger partial charge in [-0.05, 0) is 18.2 Å². The number of carbonyl (C=O) groups excluding carboxylic acids is 1. The lowest BCUT2D eigenvalue weighted by molar-refractivity contribution is -0.154. The van der Waals surface area contributed by atoms with Crippen LogP contribution in [0, 0.1) is 5.92 Å². The normalized spacial score (nSPS) is 10.7. The summed E-state index contributed by atoms with van der Waals surface area (Å²) in [5.41, 5.74) is 6.28. The molecule has 4 N–H and O–H groups in total. The summed E-state index contributed by atoms with van der Waals surface area (Å²) in [5.74, 6) is -4.86. The predicted molar refractivity (Wildman–Crippen MR) is 86.1 cm³/mol. The van der Waals surface area contributed by atoms with E-state index >= 15 is 0 Å². The Kier molecular flexibility index (Phi) is 5.02. The second kappa shape index (κ2) is 6.80. The number of hydrogen-bond acceptors (Lipinski definition) is 5.